The summed E-state index contributed by atoms with van der Waals surface area (Å²) in [4.78, 5) is 15.7. The molecule has 0 fully saturated rings. The number of aromatic amines is 4. The van der Waals surface area contributed by atoms with Crippen molar-refractivity contribution in [2.45, 2.75) is 52.4 Å². The van der Waals surface area contributed by atoms with Crippen LogP contribution in [0.25, 0.3) is 22.3 Å². The van der Waals surface area contributed by atoms with Gasteiger partial charge in [0, 0.05) is 95.5 Å². The molecule has 8 bridgehead atoms. The zero-order chi connectivity index (χ0) is 42.1. The molecule has 0 atom stereocenters. The summed E-state index contributed by atoms with van der Waals surface area (Å²) in [6.07, 6.45) is 0. The Morgan fingerprint density at radius 3 is 0.900 bits per heavy atom. The zero-order valence-corrected chi connectivity index (χ0v) is 40.6. The highest BCUT2D eigenvalue weighted by molar-refractivity contribution is 9.11. The first-order chi connectivity index (χ1) is 28.7. The molecule has 60 heavy (non-hydrogen) atoms. The van der Waals surface area contributed by atoms with Gasteiger partial charge in [0.05, 0.1) is 0 Å². The maximum atomic E-state index is 3.94. The average Bonchev–Trinajstić information content (AvgIpc) is 4.04. The van der Waals surface area contributed by atoms with Gasteiger partial charge in [-0.05, 0) is 106 Å². The number of fused-ring (bicyclic) bond motifs is 8. The topological polar surface area (TPSA) is 63.2 Å². The first-order valence-electron chi connectivity index (χ1n) is 20.0. The van der Waals surface area contributed by atoms with Crippen molar-refractivity contribution in [2.24, 2.45) is 0 Å². The van der Waals surface area contributed by atoms with E-state index in [2.05, 4.69) is 259 Å². The van der Waals surface area contributed by atoms with E-state index < -0.39 is 0 Å². The quantitative estimate of drug-likeness (QED) is 0.136. The lowest BCUT2D eigenvalue weighted by atomic mass is 9.86. The molecule has 0 amide bonds. The maximum absolute atomic E-state index is 3.94. The van der Waals surface area contributed by atoms with Gasteiger partial charge in [-0.3, -0.25) is 0 Å². The van der Waals surface area contributed by atoms with Gasteiger partial charge in [0.15, 0.2) is 0 Å². The molecule has 5 heterocycles. The predicted octanol–water partition coefficient (Wildman–Crippen LogP) is 11.9. The van der Waals surface area contributed by atoms with Crippen LogP contribution in [0.5, 0.6) is 0 Å². The Balaban J connectivity index is 1.43. The van der Waals surface area contributed by atoms with Crippen LogP contribution in [-0.2, 0) is 10.8 Å². The molecule has 4 aromatic carbocycles. The Bertz CT molecular complexity index is 2940. The van der Waals surface area contributed by atoms with Gasteiger partial charge in [0.25, 0.3) is 0 Å². The molecule has 0 unspecified atom stereocenters. The van der Waals surface area contributed by atoms with Crippen LogP contribution in [0.1, 0.15) is 97.7 Å². The number of hydrogen-bond donors (Lipinski definition) is 4. The predicted molar refractivity (Wildman–Crippen MR) is 262 cm³/mol. The highest BCUT2D eigenvalue weighted by Crippen LogP contribution is 2.37. The van der Waals surface area contributed by atoms with Crippen LogP contribution in [-0.4, -0.2) is 19.9 Å². The molecule has 0 saturated carbocycles. The van der Waals surface area contributed by atoms with E-state index in [1.165, 1.54) is 11.1 Å². The molecule has 1 aliphatic heterocycles. The minimum Gasteiger partial charge on any atom is -0.354 e. The number of aromatic nitrogens is 4. The normalized spacial score (nSPS) is 13.4. The summed E-state index contributed by atoms with van der Waals surface area (Å²) >= 11 is 15.7. The Kier molecular flexibility index (Phi) is 10.7. The summed E-state index contributed by atoms with van der Waals surface area (Å²) in [7, 11) is 0. The van der Waals surface area contributed by atoms with E-state index in [0.29, 0.717) is 0 Å². The second-order valence-corrected chi connectivity index (χ2v) is 20.9. The van der Waals surface area contributed by atoms with Gasteiger partial charge in [0.1, 0.15) is 0 Å². The first kappa shape index (κ1) is 40.8. The fourth-order valence-electron chi connectivity index (χ4n) is 8.24. The summed E-state index contributed by atoms with van der Waals surface area (Å²) < 4.78 is 3.95. The van der Waals surface area contributed by atoms with Gasteiger partial charge >= 0.3 is 0 Å². The first-order valence-corrected chi connectivity index (χ1v) is 23.2. The molecule has 1 aliphatic rings. The number of hydrogen-bond acceptors (Lipinski definition) is 0. The molecular formula is C52H44Br4N4. The molecule has 0 radical (unpaired) electrons. The van der Waals surface area contributed by atoms with E-state index in [-0.39, 0.29) is 10.8 Å². The molecule has 4 nitrogen and oxygen atoms in total. The van der Waals surface area contributed by atoms with Crippen LogP contribution in [0.15, 0.2) is 151 Å². The minimum absolute atomic E-state index is 0.0283. The van der Waals surface area contributed by atoms with Crippen molar-refractivity contribution in [2.75, 3.05) is 0 Å². The van der Waals surface area contributed by atoms with Crippen molar-refractivity contribution in [1.82, 2.24) is 19.9 Å². The van der Waals surface area contributed by atoms with Gasteiger partial charge < -0.3 is 19.9 Å². The van der Waals surface area contributed by atoms with E-state index in [1.807, 2.05) is 0 Å². The number of halogens is 4. The third-order valence-electron chi connectivity index (χ3n) is 11.4. The summed E-state index contributed by atoms with van der Waals surface area (Å²) in [6, 6.07) is 48.1. The number of nitrogens with one attached hydrogen (secondary N) is 4. The monoisotopic (exact) mass is 1040 g/mol. The maximum Gasteiger partial charge on any atom is 0.0486 e. The fourth-order valence-corrected chi connectivity index (χ4v) is 11.0. The van der Waals surface area contributed by atoms with E-state index in [4.69, 9.17) is 0 Å². The highest BCUT2D eigenvalue weighted by atomic mass is 79.9. The van der Waals surface area contributed by atoms with Crippen molar-refractivity contribution >= 4 is 86.0 Å². The van der Waals surface area contributed by atoms with E-state index in [0.717, 1.165) is 107 Å². The molecule has 300 valence electrons. The molecular weight excluding hydrogens is 1000 g/mol. The molecule has 0 aliphatic carbocycles. The van der Waals surface area contributed by atoms with E-state index in [1.54, 1.807) is 0 Å². The van der Waals surface area contributed by atoms with Crippen LogP contribution in [0.3, 0.4) is 0 Å². The summed E-state index contributed by atoms with van der Waals surface area (Å²) in [5, 5.41) is 3.96. The largest absolute Gasteiger partial charge is 0.354 e. The molecule has 0 saturated heterocycles. The molecule has 8 heteroatoms. The standard InChI is InChI=1S/C52H44Br4N4/c1-51(2,3)31-17-13-29(14-18-31)45-37-21-25-41(57-37)49(47-33(53)9-7-10-34(47)54)43-27-23-39(59-43)46(30-15-19-32(20-16-30)52(4,5)6)40-24-28-44(60-40)50(42-26-22-38(45)58-42)48-35(55)11-8-12-36(48)56/h7-28,57-60H,1-6H3. The van der Waals surface area contributed by atoms with Crippen molar-refractivity contribution in [3.8, 4) is 0 Å². The Morgan fingerprint density at radius 2 is 0.600 bits per heavy atom. The van der Waals surface area contributed by atoms with Crippen molar-refractivity contribution in [3.05, 3.63) is 229 Å². The lowest BCUT2D eigenvalue weighted by Gasteiger charge is -2.19. The second-order valence-electron chi connectivity index (χ2n) is 17.5. The molecule has 9 rings (SSSR count). The van der Waals surface area contributed by atoms with Crippen LogP contribution in [0.4, 0.5) is 0 Å². The van der Waals surface area contributed by atoms with Crippen molar-refractivity contribution < 1.29 is 0 Å². The summed E-state index contributed by atoms with van der Waals surface area (Å²) in [5.41, 5.74) is 15.1. The van der Waals surface area contributed by atoms with Crippen molar-refractivity contribution in [3.63, 3.8) is 0 Å². The molecule has 0 spiro atoms. The number of benzene rings is 4. The number of rotatable bonds is 4. The van der Waals surface area contributed by atoms with Crippen LogP contribution in [0.2, 0.25) is 0 Å². The lowest BCUT2D eigenvalue weighted by molar-refractivity contribution is 0.590. The SMILES string of the molecule is CC(C)(C)c1ccc(C2=c3ccc([nH]3)=C(c3c(Br)cccc3Br)c3ccc([nH]3)C(c3ccc(C(C)(C)C)cc3)=c3ccc([nH]3)=C(c3c(Br)cccc3Br)c3ccc2[nH]3)cc1. The van der Waals surface area contributed by atoms with Gasteiger partial charge in [-0.2, -0.15) is 0 Å². The third kappa shape index (κ3) is 7.55. The number of H-pyrrole nitrogens is 4. The lowest BCUT2D eigenvalue weighted by Crippen LogP contribution is -2.19. The smallest absolute Gasteiger partial charge is 0.0486 e. The Hall–Kier alpha value is -4.60. The zero-order valence-electron chi connectivity index (χ0n) is 34.2. The van der Waals surface area contributed by atoms with E-state index >= 15 is 0 Å². The summed E-state index contributed by atoms with van der Waals surface area (Å²) in [6.45, 7) is 13.5. The van der Waals surface area contributed by atoms with Crippen molar-refractivity contribution in [1.29, 1.82) is 0 Å². The molecule has 4 N–H and O–H groups in total. The van der Waals surface area contributed by atoms with Crippen LogP contribution < -0.4 is 21.4 Å². The fraction of sp³-hybridized carbons (Fsp3) is 0.154. The molecule has 8 aromatic rings. The highest BCUT2D eigenvalue weighted by Gasteiger charge is 2.23. The van der Waals surface area contributed by atoms with Gasteiger partial charge in [-0.15, -0.1) is 0 Å². The Morgan fingerprint density at radius 1 is 0.317 bits per heavy atom. The van der Waals surface area contributed by atoms with Gasteiger partial charge in [-0.25, -0.2) is 0 Å². The van der Waals surface area contributed by atoms with Gasteiger partial charge in [-0.1, -0.05) is 166 Å². The molecule has 4 aromatic heterocycles. The van der Waals surface area contributed by atoms with Crippen LogP contribution >= 0.6 is 63.7 Å². The third-order valence-corrected chi connectivity index (χ3v) is 14.0. The Labute approximate surface area is 384 Å². The average molecular weight is 1040 g/mol. The van der Waals surface area contributed by atoms with E-state index in [9.17, 15) is 0 Å². The second kappa shape index (κ2) is 15.7. The van der Waals surface area contributed by atoms with Gasteiger partial charge in [0.2, 0.25) is 0 Å². The summed E-state index contributed by atoms with van der Waals surface area (Å²) in [5.74, 6) is 0. The van der Waals surface area contributed by atoms with Crippen LogP contribution in [0, 0.1) is 0 Å². The minimum atomic E-state index is 0.0283.